The zero-order valence-electron chi connectivity index (χ0n) is 31.6. The number of aryl methyl sites for hydroxylation is 1. The van der Waals surface area contributed by atoms with Crippen molar-refractivity contribution in [3.05, 3.63) is 107 Å². The van der Waals surface area contributed by atoms with Crippen LogP contribution in [0.25, 0.3) is 16.9 Å². The Hall–Kier alpha value is -5.86. The minimum atomic E-state index is -0.990. The minimum Gasteiger partial charge on any atom is -0.384 e. The van der Waals surface area contributed by atoms with Crippen LogP contribution in [0.1, 0.15) is 68.2 Å². The molecule has 3 aliphatic rings. The van der Waals surface area contributed by atoms with E-state index in [1.54, 1.807) is 21.6 Å². The second kappa shape index (κ2) is 15.7. The monoisotopic (exact) mass is 756 g/mol. The van der Waals surface area contributed by atoms with Crippen LogP contribution in [0.2, 0.25) is 0 Å². The molecule has 1 aliphatic carbocycles. The highest BCUT2D eigenvalue weighted by Gasteiger charge is 2.37. The summed E-state index contributed by atoms with van der Waals surface area (Å²) in [5.41, 5.74) is 4.78. The van der Waals surface area contributed by atoms with Gasteiger partial charge in [-0.05, 0) is 92.1 Å². The van der Waals surface area contributed by atoms with E-state index in [0.29, 0.717) is 60.2 Å². The Bertz CT molecular complexity index is 2310. The summed E-state index contributed by atoms with van der Waals surface area (Å²) in [5, 5.41) is 24.5. The third kappa shape index (κ3) is 7.41. The molecule has 5 N–H and O–H groups in total. The van der Waals surface area contributed by atoms with Crippen LogP contribution >= 0.6 is 0 Å². The maximum absolute atomic E-state index is 13.5. The quantitative estimate of drug-likeness (QED) is 0.0644. The molecular formula is C42H48N10O4. The lowest BCUT2D eigenvalue weighted by molar-refractivity contribution is -0.134. The van der Waals surface area contributed by atoms with Gasteiger partial charge in [-0.25, -0.2) is 19.3 Å². The first kappa shape index (κ1) is 37.1. The highest BCUT2D eigenvalue weighted by molar-refractivity contribution is 6.01. The van der Waals surface area contributed by atoms with E-state index < -0.39 is 5.60 Å². The second-order valence-electron chi connectivity index (χ2n) is 14.9. The van der Waals surface area contributed by atoms with Crippen molar-refractivity contribution in [3.8, 4) is 5.82 Å². The van der Waals surface area contributed by atoms with Crippen LogP contribution in [0, 0.1) is 0 Å². The Balaban J connectivity index is 0.855. The number of aromatic nitrogens is 5. The topological polar surface area (TPSA) is 171 Å². The fourth-order valence-corrected chi connectivity index (χ4v) is 8.17. The molecule has 2 saturated heterocycles. The lowest BCUT2D eigenvalue weighted by Gasteiger charge is -2.34. The number of pyridine rings is 1. The molecule has 1 unspecified atom stereocenters. The van der Waals surface area contributed by atoms with Gasteiger partial charge in [-0.15, -0.1) is 6.58 Å². The number of piperidine rings is 2. The number of nitrogens with one attached hydrogen (secondary N) is 4. The fraction of sp³-hybridized carbons (Fsp3) is 0.381. The number of fused-ring (bicyclic) bond motifs is 2. The van der Waals surface area contributed by atoms with Crippen LogP contribution in [-0.2, 0) is 28.2 Å². The number of imide groups is 1. The van der Waals surface area contributed by atoms with E-state index in [-0.39, 0.29) is 29.8 Å². The van der Waals surface area contributed by atoms with E-state index in [2.05, 4.69) is 49.9 Å². The van der Waals surface area contributed by atoms with Gasteiger partial charge in [0.05, 0.1) is 18.2 Å². The number of allylic oxidation sites excluding steroid dienone is 1. The number of hydrogen-bond donors (Lipinski definition) is 5. The highest BCUT2D eigenvalue weighted by Crippen LogP contribution is 2.38. The van der Waals surface area contributed by atoms with Gasteiger partial charge < -0.3 is 26.0 Å². The van der Waals surface area contributed by atoms with E-state index in [1.165, 1.54) is 0 Å². The summed E-state index contributed by atoms with van der Waals surface area (Å²) in [6.07, 6.45) is 8.16. The second-order valence-corrected chi connectivity index (χ2v) is 14.9. The third-order valence-corrected chi connectivity index (χ3v) is 11.4. The Morgan fingerprint density at radius 3 is 2.45 bits per heavy atom. The molecule has 2 aromatic carbocycles. The van der Waals surface area contributed by atoms with Crippen LogP contribution in [0.5, 0.6) is 0 Å². The van der Waals surface area contributed by atoms with Gasteiger partial charge in [-0.3, -0.25) is 19.7 Å². The molecule has 2 atom stereocenters. The van der Waals surface area contributed by atoms with E-state index in [0.717, 1.165) is 73.6 Å². The molecule has 14 heteroatoms. The van der Waals surface area contributed by atoms with E-state index in [9.17, 15) is 19.5 Å². The van der Waals surface area contributed by atoms with Crippen molar-refractivity contribution >= 4 is 45.9 Å². The SMILES string of the molecule is C=CCn1c(=O)c2cnc(Nc3ccc(N4CCC(NCCNc5ccc(C6CCC(=O)NC6=O)cc5)CC4)cc3)nc2n1-c1ccc2c(n1)[C@@](O)(CC)CC2. The average molecular weight is 757 g/mol. The molecule has 8 rings (SSSR count). The molecule has 0 spiro atoms. The van der Waals surface area contributed by atoms with Gasteiger partial charge >= 0.3 is 0 Å². The van der Waals surface area contributed by atoms with Gasteiger partial charge in [-0.1, -0.05) is 31.2 Å². The van der Waals surface area contributed by atoms with Crippen LogP contribution in [0.4, 0.5) is 23.0 Å². The lowest BCUT2D eigenvalue weighted by atomic mass is 9.90. The fourth-order valence-electron chi connectivity index (χ4n) is 8.17. The Labute approximate surface area is 325 Å². The van der Waals surface area contributed by atoms with E-state index in [4.69, 9.17) is 9.97 Å². The van der Waals surface area contributed by atoms with Crippen molar-refractivity contribution in [1.29, 1.82) is 0 Å². The standard InChI is InChI=1S/C42H48N10O4/c1-3-23-51-40(55)34-26-45-41(49-38(34)52(51)35-15-7-28-17-20-42(56,4-2)37(28)47-35)46-31-10-12-32(13-11-31)50-24-18-30(19-25-50)44-22-21-43-29-8-5-27(6-9-29)33-14-16-36(53)48-39(33)54/h3,5-13,15,26,30,33,43-44,56H,1,4,14,16-25H2,2H3,(H,45,46,49)(H,48,53,54)/t33?,42-/m1/s1. The summed E-state index contributed by atoms with van der Waals surface area (Å²) in [6, 6.07) is 20.4. The van der Waals surface area contributed by atoms with Crippen molar-refractivity contribution in [2.45, 2.75) is 76.0 Å². The summed E-state index contributed by atoms with van der Waals surface area (Å²) in [5.74, 6) is 0.181. The van der Waals surface area contributed by atoms with Gasteiger partial charge in [0, 0.05) is 61.9 Å². The van der Waals surface area contributed by atoms with Crippen LogP contribution in [0.3, 0.4) is 0 Å². The number of carbonyl (C=O) groups is 2. The first-order valence-electron chi connectivity index (χ1n) is 19.6. The number of aliphatic hydroxyl groups is 1. The summed E-state index contributed by atoms with van der Waals surface area (Å²) in [4.78, 5) is 53.7. The molecule has 5 heterocycles. The van der Waals surface area contributed by atoms with Gasteiger partial charge in [0.1, 0.15) is 11.0 Å². The number of benzene rings is 2. The predicted molar refractivity (Wildman–Crippen MR) is 217 cm³/mol. The largest absolute Gasteiger partial charge is 0.384 e. The zero-order chi connectivity index (χ0) is 38.8. The number of carbonyl (C=O) groups excluding carboxylic acids is 2. The summed E-state index contributed by atoms with van der Waals surface area (Å²) < 4.78 is 3.24. The third-order valence-electron chi connectivity index (χ3n) is 11.4. The van der Waals surface area contributed by atoms with E-state index in [1.807, 2.05) is 55.5 Å². The van der Waals surface area contributed by atoms with Gasteiger partial charge in [0.2, 0.25) is 17.8 Å². The summed E-state index contributed by atoms with van der Waals surface area (Å²) in [6.45, 7) is 9.59. The van der Waals surface area contributed by atoms with Gasteiger partial charge in [0.25, 0.3) is 5.56 Å². The summed E-state index contributed by atoms with van der Waals surface area (Å²) in [7, 11) is 0. The Kier molecular flexibility index (Phi) is 10.4. The number of nitrogens with zero attached hydrogens (tertiary/aromatic N) is 6. The van der Waals surface area contributed by atoms with Crippen LogP contribution in [-0.4, -0.2) is 73.5 Å². The number of hydrogen-bond acceptors (Lipinski definition) is 11. The predicted octanol–water partition coefficient (Wildman–Crippen LogP) is 4.64. The maximum atomic E-state index is 13.5. The van der Waals surface area contributed by atoms with Crippen molar-refractivity contribution in [1.82, 2.24) is 34.9 Å². The molecule has 5 aromatic rings. The highest BCUT2D eigenvalue weighted by atomic mass is 16.3. The summed E-state index contributed by atoms with van der Waals surface area (Å²) >= 11 is 0. The smallest absolute Gasteiger partial charge is 0.278 e. The molecule has 2 fully saturated rings. The maximum Gasteiger partial charge on any atom is 0.278 e. The first-order valence-corrected chi connectivity index (χ1v) is 19.6. The van der Waals surface area contributed by atoms with Crippen LogP contribution in [0.15, 0.2) is 84.3 Å². The van der Waals surface area contributed by atoms with Crippen molar-refractivity contribution in [2.75, 3.05) is 41.7 Å². The number of anilines is 4. The first-order chi connectivity index (χ1) is 27.2. The normalized spacial score (nSPS) is 19.9. The molecular weight excluding hydrogens is 709 g/mol. The average Bonchev–Trinajstić information content (AvgIpc) is 3.69. The Morgan fingerprint density at radius 1 is 0.946 bits per heavy atom. The molecule has 3 aromatic heterocycles. The number of rotatable bonds is 13. The molecule has 14 nitrogen and oxygen atoms in total. The molecule has 0 bridgehead atoms. The van der Waals surface area contributed by atoms with Crippen LogP contribution < -0.4 is 31.7 Å². The lowest BCUT2D eigenvalue weighted by Crippen LogP contribution is -2.43. The van der Waals surface area contributed by atoms with Gasteiger partial charge in [0.15, 0.2) is 11.5 Å². The van der Waals surface area contributed by atoms with Crippen molar-refractivity contribution in [2.24, 2.45) is 0 Å². The molecule has 290 valence electrons. The molecule has 2 amide bonds. The Morgan fingerprint density at radius 2 is 1.71 bits per heavy atom. The minimum absolute atomic E-state index is 0.197. The van der Waals surface area contributed by atoms with E-state index >= 15 is 0 Å². The molecule has 56 heavy (non-hydrogen) atoms. The van der Waals surface area contributed by atoms with Crippen molar-refractivity contribution in [3.63, 3.8) is 0 Å². The number of amides is 2. The molecule has 2 aliphatic heterocycles. The molecule has 0 radical (unpaired) electrons. The van der Waals surface area contributed by atoms with Gasteiger partial charge in [-0.2, -0.15) is 4.98 Å². The molecule has 0 saturated carbocycles. The zero-order valence-corrected chi connectivity index (χ0v) is 31.6. The van der Waals surface area contributed by atoms with Crippen molar-refractivity contribution < 1.29 is 14.7 Å².